The summed E-state index contributed by atoms with van der Waals surface area (Å²) in [6.07, 6.45) is 1.45. The molecule has 0 aliphatic heterocycles. The summed E-state index contributed by atoms with van der Waals surface area (Å²) < 4.78 is 26.4. The smallest absolute Gasteiger partial charge is 0.240 e. The molecular formula is C12H21ClN2O2S. The number of hydrogen-bond donors (Lipinski definition) is 2. The fourth-order valence-corrected chi connectivity index (χ4v) is 2.55. The Kier molecular flexibility index (Phi) is 7.47. The number of rotatable bonds is 6. The van der Waals surface area contributed by atoms with E-state index in [1.807, 2.05) is 19.9 Å². The standard InChI is InChI=1S/C12H20N2O2S.ClH/c1-3-11-5-4-6-12(9-11)17(15,16)14-8-7-10(2)13;/h4-6,9-10,14H,3,7-8,13H2,1-2H3;1H. The quantitative estimate of drug-likeness (QED) is 0.838. The molecule has 1 aromatic rings. The number of nitrogens with two attached hydrogens (primary N) is 1. The molecule has 0 aliphatic carbocycles. The van der Waals surface area contributed by atoms with E-state index in [4.69, 9.17) is 5.73 Å². The van der Waals surface area contributed by atoms with E-state index in [1.165, 1.54) is 0 Å². The van der Waals surface area contributed by atoms with E-state index in [-0.39, 0.29) is 18.4 Å². The minimum atomic E-state index is -3.39. The fraction of sp³-hybridized carbons (Fsp3) is 0.500. The number of sulfonamides is 1. The third-order valence-electron chi connectivity index (χ3n) is 2.51. The fourth-order valence-electron chi connectivity index (χ4n) is 1.44. The molecule has 0 bridgehead atoms. The van der Waals surface area contributed by atoms with Gasteiger partial charge in [0.1, 0.15) is 0 Å². The first-order chi connectivity index (χ1) is 7.95. The van der Waals surface area contributed by atoms with Gasteiger partial charge in [0, 0.05) is 12.6 Å². The monoisotopic (exact) mass is 292 g/mol. The summed E-state index contributed by atoms with van der Waals surface area (Å²) in [5.74, 6) is 0. The molecule has 0 fully saturated rings. The number of hydrogen-bond acceptors (Lipinski definition) is 3. The third kappa shape index (κ3) is 5.35. The first-order valence-corrected chi connectivity index (χ1v) is 7.28. The van der Waals surface area contributed by atoms with Crippen LogP contribution in [-0.2, 0) is 16.4 Å². The molecule has 6 heteroatoms. The van der Waals surface area contributed by atoms with Crippen LogP contribution in [0.25, 0.3) is 0 Å². The van der Waals surface area contributed by atoms with Crippen LogP contribution in [0, 0.1) is 0 Å². The molecule has 0 aromatic heterocycles. The molecule has 18 heavy (non-hydrogen) atoms. The largest absolute Gasteiger partial charge is 0.328 e. The van der Waals surface area contributed by atoms with Crippen molar-refractivity contribution in [1.29, 1.82) is 0 Å². The van der Waals surface area contributed by atoms with Gasteiger partial charge >= 0.3 is 0 Å². The van der Waals surface area contributed by atoms with Crippen molar-refractivity contribution >= 4 is 22.4 Å². The predicted octanol–water partition coefficient (Wildman–Crippen LogP) is 1.69. The van der Waals surface area contributed by atoms with Gasteiger partial charge in [0.05, 0.1) is 4.90 Å². The van der Waals surface area contributed by atoms with E-state index >= 15 is 0 Å². The highest BCUT2D eigenvalue weighted by Gasteiger charge is 2.13. The van der Waals surface area contributed by atoms with Crippen molar-refractivity contribution in [2.24, 2.45) is 5.73 Å². The van der Waals surface area contributed by atoms with Gasteiger partial charge in [-0.1, -0.05) is 19.1 Å². The second kappa shape index (κ2) is 7.74. The highest BCUT2D eigenvalue weighted by Crippen LogP contribution is 2.11. The lowest BCUT2D eigenvalue weighted by molar-refractivity contribution is 0.571. The van der Waals surface area contributed by atoms with E-state index in [9.17, 15) is 8.42 Å². The Balaban J connectivity index is 0.00000289. The van der Waals surface area contributed by atoms with Gasteiger partial charge in [0.15, 0.2) is 0 Å². The molecule has 0 spiro atoms. The molecule has 1 unspecified atom stereocenters. The first-order valence-electron chi connectivity index (χ1n) is 5.80. The Morgan fingerprint density at radius 1 is 1.39 bits per heavy atom. The predicted molar refractivity (Wildman–Crippen MR) is 76.5 cm³/mol. The van der Waals surface area contributed by atoms with Crippen molar-refractivity contribution < 1.29 is 8.42 Å². The molecule has 104 valence electrons. The second-order valence-corrected chi connectivity index (χ2v) is 5.93. The van der Waals surface area contributed by atoms with Gasteiger partial charge < -0.3 is 5.73 Å². The summed E-state index contributed by atoms with van der Waals surface area (Å²) in [4.78, 5) is 0.321. The van der Waals surface area contributed by atoms with E-state index < -0.39 is 10.0 Å². The minimum absolute atomic E-state index is 0. The molecule has 4 nitrogen and oxygen atoms in total. The Hall–Kier alpha value is -0.620. The van der Waals surface area contributed by atoms with Gasteiger partial charge in [-0.3, -0.25) is 0 Å². The zero-order valence-corrected chi connectivity index (χ0v) is 12.4. The van der Waals surface area contributed by atoms with Crippen LogP contribution in [-0.4, -0.2) is 21.0 Å². The van der Waals surface area contributed by atoms with Crippen molar-refractivity contribution in [2.75, 3.05) is 6.54 Å². The van der Waals surface area contributed by atoms with Gasteiger partial charge in [-0.2, -0.15) is 0 Å². The van der Waals surface area contributed by atoms with Crippen molar-refractivity contribution in [3.05, 3.63) is 29.8 Å². The van der Waals surface area contributed by atoms with Gasteiger partial charge in [-0.25, -0.2) is 13.1 Å². The molecule has 1 aromatic carbocycles. The molecule has 0 radical (unpaired) electrons. The van der Waals surface area contributed by atoms with E-state index in [1.54, 1.807) is 18.2 Å². The van der Waals surface area contributed by atoms with Crippen LogP contribution >= 0.6 is 12.4 Å². The van der Waals surface area contributed by atoms with Crippen molar-refractivity contribution in [3.8, 4) is 0 Å². The number of aryl methyl sites for hydroxylation is 1. The molecule has 3 N–H and O–H groups in total. The van der Waals surface area contributed by atoms with Crippen molar-refractivity contribution in [3.63, 3.8) is 0 Å². The molecule has 0 aliphatic rings. The number of nitrogens with one attached hydrogen (secondary N) is 1. The molecule has 0 saturated heterocycles. The second-order valence-electron chi connectivity index (χ2n) is 4.16. The highest BCUT2D eigenvalue weighted by atomic mass is 35.5. The van der Waals surface area contributed by atoms with Crippen LogP contribution in [0.5, 0.6) is 0 Å². The molecule has 0 amide bonds. The van der Waals surface area contributed by atoms with Crippen LogP contribution in [0.4, 0.5) is 0 Å². The molecular weight excluding hydrogens is 272 g/mol. The summed E-state index contributed by atoms with van der Waals surface area (Å²) in [6, 6.07) is 6.99. The van der Waals surface area contributed by atoms with Gasteiger partial charge in [-0.15, -0.1) is 12.4 Å². The maximum absolute atomic E-state index is 11.9. The van der Waals surface area contributed by atoms with Gasteiger partial charge in [0.2, 0.25) is 10.0 Å². The Bertz CT molecular complexity index is 461. The maximum atomic E-state index is 11.9. The maximum Gasteiger partial charge on any atom is 0.240 e. The lowest BCUT2D eigenvalue weighted by Crippen LogP contribution is -2.29. The zero-order chi connectivity index (χ0) is 12.9. The van der Waals surface area contributed by atoms with Crippen molar-refractivity contribution in [1.82, 2.24) is 4.72 Å². The Morgan fingerprint density at radius 3 is 2.61 bits per heavy atom. The minimum Gasteiger partial charge on any atom is -0.328 e. The van der Waals surface area contributed by atoms with E-state index in [2.05, 4.69) is 4.72 Å². The molecule has 0 saturated carbocycles. The molecule has 1 rings (SSSR count). The third-order valence-corrected chi connectivity index (χ3v) is 3.97. The number of halogens is 1. The summed E-state index contributed by atoms with van der Waals surface area (Å²) in [6.45, 7) is 4.22. The Labute approximate surface area is 115 Å². The van der Waals surface area contributed by atoms with Crippen LogP contribution < -0.4 is 10.5 Å². The summed E-state index contributed by atoms with van der Waals surface area (Å²) in [5.41, 5.74) is 6.59. The van der Waals surface area contributed by atoms with Gasteiger partial charge in [-0.05, 0) is 37.5 Å². The normalized spacial score (nSPS) is 12.8. The summed E-state index contributed by atoms with van der Waals surface area (Å²) in [5, 5.41) is 0. The zero-order valence-electron chi connectivity index (χ0n) is 10.7. The SMILES string of the molecule is CCc1cccc(S(=O)(=O)NCCC(C)N)c1.Cl. The van der Waals surface area contributed by atoms with Crippen LogP contribution in [0.15, 0.2) is 29.2 Å². The van der Waals surface area contributed by atoms with Crippen LogP contribution in [0.2, 0.25) is 0 Å². The van der Waals surface area contributed by atoms with Crippen LogP contribution in [0.1, 0.15) is 25.8 Å². The lowest BCUT2D eigenvalue weighted by Gasteiger charge is -2.09. The molecule has 0 heterocycles. The van der Waals surface area contributed by atoms with Crippen molar-refractivity contribution in [2.45, 2.75) is 37.6 Å². The summed E-state index contributed by atoms with van der Waals surface area (Å²) in [7, 11) is -3.39. The van der Waals surface area contributed by atoms with Crippen LogP contribution in [0.3, 0.4) is 0 Å². The number of benzene rings is 1. The van der Waals surface area contributed by atoms with Gasteiger partial charge in [0.25, 0.3) is 0 Å². The molecule has 1 atom stereocenters. The van der Waals surface area contributed by atoms with E-state index in [0.29, 0.717) is 17.9 Å². The lowest BCUT2D eigenvalue weighted by atomic mass is 10.2. The topological polar surface area (TPSA) is 72.2 Å². The Morgan fingerprint density at radius 2 is 2.06 bits per heavy atom. The average molecular weight is 293 g/mol. The van der Waals surface area contributed by atoms with E-state index in [0.717, 1.165) is 12.0 Å². The summed E-state index contributed by atoms with van der Waals surface area (Å²) >= 11 is 0. The first kappa shape index (κ1) is 17.4. The average Bonchev–Trinajstić information content (AvgIpc) is 2.28. The highest BCUT2D eigenvalue weighted by molar-refractivity contribution is 7.89.